The van der Waals surface area contributed by atoms with Crippen LogP contribution < -0.4 is 10.1 Å². The first-order valence-corrected chi connectivity index (χ1v) is 7.13. The fourth-order valence-electron chi connectivity index (χ4n) is 1.63. The molecule has 1 aliphatic rings. The molecule has 0 unspecified atom stereocenters. The van der Waals surface area contributed by atoms with Crippen LogP contribution in [0.25, 0.3) is 0 Å². The molecule has 0 amide bonds. The van der Waals surface area contributed by atoms with Crippen molar-refractivity contribution >= 4 is 0 Å². The van der Waals surface area contributed by atoms with Crippen LogP contribution in [0.1, 0.15) is 38.3 Å². The molecule has 1 aliphatic carbocycles. The topological polar surface area (TPSA) is 56.3 Å². The summed E-state index contributed by atoms with van der Waals surface area (Å²) in [5.74, 6) is 0.578. The minimum atomic E-state index is 0.526. The Morgan fingerprint density at radius 3 is 2.95 bits per heavy atom. The number of aromatic nitrogens is 2. The summed E-state index contributed by atoms with van der Waals surface area (Å²) >= 11 is 0. The van der Waals surface area contributed by atoms with Crippen LogP contribution in [0.15, 0.2) is 12.4 Å². The molecule has 1 aromatic heterocycles. The second-order valence-corrected chi connectivity index (χ2v) is 4.82. The van der Waals surface area contributed by atoms with Gasteiger partial charge in [0.05, 0.1) is 18.5 Å². The first kappa shape index (κ1) is 14.2. The molecule has 1 saturated carbocycles. The molecule has 106 valence electrons. The Balaban J connectivity index is 1.63. The van der Waals surface area contributed by atoms with Crippen molar-refractivity contribution in [1.29, 1.82) is 0 Å². The highest BCUT2D eigenvalue weighted by Crippen LogP contribution is 2.19. The molecule has 19 heavy (non-hydrogen) atoms. The maximum Gasteiger partial charge on any atom is 0.232 e. The smallest absolute Gasteiger partial charge is 0.232 e. The predicted molar refractivity (Wildman–Crippen MR) is 73.1 cm³/mol. The fraction of sp³-hybridized carbons (Fsp3) is 0.714. The first-order valence-electron chi connectivity index (χ1n) is 7.13. The molecule has 5 nitrogen and oxygen atoms in total. The van der Waals surface area contributed by atoms with E-state index in [9.17, 15) is 0 Å². The Morgan fingerprint density at radius 1 is 1.26 bits per heavy atom. The van der Waals surface area contributed by atoms with Crippen LogP contribution in [-0.4, -0.2) is 35.8 Å². The van der Waals surface area contributed by atoms with E-state index >= 15 is 0 Å². The molecule has 0 spiro atoms. The van der Waals surface area contributed by atoms with Crippen molar-refractivity contribution in [3.63, 3.8) is 0 Å². The lowest BCUT2D eigenvalue weighted by Crippen LogP contribution is -2.17. The number of unbranched alkanes of at least 4 members (excludes halogenated alkanes) is 1. The number of nitrogens with one attached hydrogen (secondary N) is 1. The number of rotatable bonds is 10. The number of hydrogen-bond acceptors (Lipinski definition) is 5. The van der Waals surface area contributed by atoms with E-state index in [-0.39, 0.29) is 0 Å². The van der Waals surface area contributed by atoms with Gasteiger partial charge in [0.1, 0.15) is 6.61 Å². The summed E-state index contributed by atoms with van der Waals surface area (Å²) in [4.78, 5) is 8.55. The van der Waals surface area contributed by atoms with Crippen LogP contribution >= 0.6 is 0 Å². The minimum absolute atomic E-state index is 0.526. The van der Waals surface area contributed by atoms with Crippen LogP contribution in [-0.2, 0) is 11.3 Å². The molecular formula is C14H23N3O2. The number of ether oxygens (including phenoxy) is 2. The van der Waals surface area contributed by atoms with Gasteiger partial charge in [-0.3, -0.25) is 4.98 Å². The standard InChI is InChI=1S/C14H23N3O2/c1-2-3-6-18-7-8-19-14-11-15-9-13(17-14)10-16-12-4-5-12/h9,11-12,16H,2-8,10H2,1H3. The van der Waals surface area contributed by atoms with Crippen LogP contribution in [0.4, 0.5) is 0 Å². The summed E-state index contributed by atoms with van der Waals surface area (Å²) in [5.41, 5.74) is 0.927. The van der Waals surface area contributed by atoms with E-state index in [2.05, 4.69) is 22.2 Å². The Kier molecular flexibility index (Phi) is 6.04. The molecule has 0 bridgehead atoms. The van der Waals surface area contributed by atoms with Gasteiger partial charge in [0.2, 0.25) is 5.88 Å². The third-order valence-electron chi connectivity index (χ3n) is 2.93. The molecule has 1 heterocycles. The molecule has 1 aromatic rings. The summed E-state index contributed by atoms with van der Waals surface area (Å²) in [6, 6.07) is 0.679. The molecule has 0 radical (unpaired) electrons. The van der Waals surface area contributed by atoms with Crippen molar-refractivity contribution in [1.82, 2.24) is 15.3 Å². The van der Waals surface area contributed by atoms with E-state index in [0.29, 0.717) is 25.1 Å². The highest BCUT2D eigenvalue weighted by Gasteiger charge is 2.20. The van der Waals surface area contributed by atoms with Crippen LogP contribution in [0.3, 0.4) is 0 Å². The molecule has 5 heteroatoms. The highest BCUT2D eigenvalue weighted by molar-refractivity contribution is 5.08. The minimum Gasteiger partial charge on any atom is -0.474 e. The Labute approximate surface area is 114 Å². The van der Waals surface area contributed by atoms with Gasteiger partial charge in [-0.1, -0.05) is 13.3 Å². The Morgan fingerprint density at radius 2 is 2.16 bits per heavy atom. The maximum atomic E-state index is 5.52. The van der Waals surface area contributed by atoms with E-state index in [0.717, 1.165) is 31.7 Å². The van der Waals surface area contributed by atoms with Gasteiger partial charge in [0, 0.05) is 25.4 Å². The van der Waals surface area contributed by atoms with Gasteiger partial charge in [0.15, 0.2) is 0 Å². The lowest BCUT2D eigenvalue weighted by atomic mass is 10.4. The third-order valence-corrected chi connectivity index (χ3v) is 2.93. The molecule has 2 rings (SSSR count). The summed E-state index contributed by atoms with van der Waals surface area (Å²) in [7, 11) is 0. The largest absolute Gasteiger partial charge is 0.474 e. The van der Waals surface area contributed by atoms with Crippen LogP contribution in [0.5, 0.6) is 5.88 Å². The van der Waals surface area contributed by atoms with Gasteiger partial charge in [-0.15, -0.1) is 0 Å². The summed E-state index contributed by atoms with van der Waals surface area (Å²) in [6.45, 7) is 4.85. The lowest BCUT2D eigenvalue weighted by Gasteiger charge is -2.07. The summed E-state index contributed by atoms with van der Waals surface area (Å²) < 4.78 is 11.0. The van der Waals surface area contributed by atoms with E-state index in [1.54, 1.807) is 12.4 Å². The van der Waals surface area contributed by atoms with Gasteiger partial charge in [0.25, 0.3) is 0 Å². The average molecular weight is 265 g/mol. The fourth-order valence-corrected chi connectivity index (χ4v) is 1.63. The van der Waals surface area contributed by atoms with Crippen molar-refractivity contribution in [2.24, 2.45) is 0 Å². The molecular weight excluding hydrogens is 242 g/mol. The zero-order valence-corrected chi connectivity index (χ0v) is 11.6. The zero-order valence-electron chi connectivity index (χ0n) is 11.6. The van der Waals surface area contributed by atoms with Crippen LogP contribution in [0, 0.1) is 0 Å². The zero-order chi connectivity index (χ0) is 13.3. The molecule has 1 fully saturated rings. The van der Waals surface area contributed by atoms with Crippen molar-refractivity contribution in [2.75, 3.05) is 19.8 Å². The SMILES string of the molecule is CCCCOCCOc1cncc(CNC2CC2)n1. The molecule has 0 aromatic carbocycles. The van der Waals surface area contributed by atoms with Crippen LogP contribution in [0.2, 0.25) is 0 Å². The number of hydrogen-bond donors (Lipinski definition) is 1. The Bertz CT molecular complexity index is 369. The van der Waals surface area contributed by atoms with Gasteiger partial charge < -0.3 is 14.8 Å². The van der Waals surface area contributed by atoms with E-state index in [1.807, 2.05) is 0 Å². The van der Waals surface area contributed by atoms with Gasteiger partial charge >= 0.3 is 0 Å². The molecule has 0 atom stereocenters. The lowest BCUT2D eigenvalue weighted by molar-refractivity contribution is 0.0963. The normalized spacial score (nSPS) is 14.6. The summed E-state index contributed by atoms with van der Waals surface area (Å²) in [5, 5.41) is 3.41. The van der Waals surface area contributed by atoms with E-state index in [4.69, 9.17) is 9.47 Å². The monoisotopic (exact) mass is 265 g/mol. The molecule has 1 N–H and O–H groups in total. The quantitative estimate of drug-likeness (QED) is 0.655. The van der Waals surface area contributed by atoms with E-state index < -0.39 is 0 Å². The number of nitrogens with zero attached hydrogens (tertiary/aromatic N) is 2. The Hall–Kier alpha value is -1.20. The van der Waals surface area contributed by atoms with E-state index in [1.165, 1.54) is 12.8 Å². The first-order chi connectivity index (χ1) is 9.38. The van der Waals surface area contributed by atoms with Gasteiger partial charge in [-0.2, -0.15) is 0 Å². The second-order valence-electron chi connectivity index (χ2n) is 4.82. The summed E-state index contributed by atoms with van der Waals surface area (Å²) in [6.07, 6.45) is 8.23. The van der Waals surface area contributed by atoms with Crippen molar-refractivity contribution in [3.8, 4) is 5.88 Å². The van der Waals surface area contributed by atoms with Gasteiger partial charge in [-0.25, -0.2) is 4.98 Å². The second kappa shape index (κ2) is 8.07. The van der Waals surface area contributed by atoms with Gasteiger partial charge in [-0.05, 0) is 19.3 Å². The highest BCUT2D eigenvalue weighted by atomic mass is 16.5. The third kappa shape index (κ3) is 5.98. The van der Waals surface area contributed by atoms with Crippen molar-refractivity contribution in [3.05, 3.63) is 18.1 Å². The molecule has 0 aliphatic heterocycles. The predicted octanol–water partition coefficient (Wildman–Crippen LogP) is 1.92. The maximum absolute atomic E-state index is 5.52. The van der Waals surface area contributed by atoms with Crippen molar-refractivity contribution in [2.45, 2.75) is 45.2 Å². The van der Waals surface area contributed by atoms with Crippen molar-refractivity contribution < 1.29 is 9.47 Å². The molecule has 0 saturated heterocycles. The average Bonchev–Trinajstić information content (AvgIpc) is 3.25.